The van der Waals surface area contributed by atoms with Gasteiger partial charge >= 0.3 is 0 Å². The molecule has 3 N–H and O–H groups in total. The van der Waals surface area contributed by atoms with E-state index in [0.29, 0.717) is 10.6 Å². The van der Waals surface area contributed by atoms with Crippen LogP contribution in [0.5, 0.6) is 0 Å². The normalized spacial score (nSPS) is 21.5. The van der Waals surface area contributed by atoms with Gasteiger partial charge in [0.25, 0.3) is 5.91 Å². The Morgan fingerprint density at radius 1 is 1.48 bits per heavy atom. The second-order valence-electron chi connectivity index (χ2n) is 6.07. The Bertz CT molecular complexity index is 513. The van der Waals surface area contributed by atoms with E-state index in [4.69, 9.17) is 5.73 Å². The molecule has 4 nitrogen and oxygen atoms in total. The molecule has 1 saturated carbocycles. The maximum atomic E-state index is 12.2. The largest absolute Gasteiger partial charge is 0.396 e. The lowest BCUT2D eigenvalue weighted by Crippen LogP contribution is -2.21. The van der Waals surface area contributed by atoms with E-state index in [2.05, 4.69) is 12.2 Å². The van der Waals surface area contributed by atoms with Gasteiger partial charge in [-0.05, 0) is 30.9 Å². The molecule has 1 heterocycles. The van der Waals surface area contributed by atoms with Gasteiger partial charge < -0.3 is 16.0 Å². The van der Waals surface area contributed by atoms with Crippen LogP contribution in [0.2, 0.25) is 0 Å². The number of nitrogens with one attached hydrogen (secondary N) is 1. The first-order chi connectivity index (χ1) is 9.93. The summed E-state index contributed by atoms with van der Waals surface area (Å²) in [5.41, 5.74) is 6.78. The van der Waals surface area contributed by atoms with Gasteiger partial charge in [0, 0.05) is 20.6 Å². The van der Waals surface area contributed by atoms with E-state index < -0.39 is 0 Å². The van der Waals surface area contributed by atoms with E-state index in [1.54, 1.807) is 30.8 Å². The summed E-state index contributed by atoms with van der Waals surface area (Å²) >= 11 is 3.09. The molecule has 1 fully saturated rings. The van der Waals surface area contributed by atoms with E-state index >= 15 is 0 Å². The number of nitrogens with two attached hydrogens (primary N) is 1. The third-order valence-electron chi connectivity index (χ3n) is 4.06. The average Bonchev–Trinajstić information content (AvgIpc) is 2.99. The molecule has 0 radical (unpaired) electrons. The first-order valence-corrected chi connectivity index (χ1v) is 9.39. The van der Waals surface area contributed by atoms with Crippen molar-refractivity contribution in [1.82, 2.24) is 4.90 Å². The minimum atomic E-state index is -0.0182. The molecular formula is C15H25N3OS2. The molecule has 6 heteroatoms. The molecule has 1 aliphatic rings. The lowest BCUT2D eigenvalue weighted by Gasteiger charge is -2.12. The summed E-state index contributed by atoms with van der Waals surface area (Å²) in [6.45, 7) is 3.30. The minimum Gasteiger partial charge on any atom is -0.396 e. The molecule has 0 bridgehead atoms. The first kappa shape index (κ1) is 16.5. The van der Waals surface area contributed by atoms with Gasteiger partial charge in [-0.15, -0.1) is 23.1 Å². The Balaban J connectivity index is 2.11. The third kappa shape index (κ3) is 3.66. The van der Waals surface area contributed by atoms with Gasteiger partial charge in [0.05, 0.1) is 10.6 Å². The van der Waals surface area contributed by atoms with Crippen molar-refractivity contribution in [2.75, 3.05) is 37.9 Å². The van der Waals surface area contributed by atoms with Crippen LogP contribution >= 0.6 is 23.1 Å². The van der Waals surface area contributed by atoms with Gasteiger partial charge in [-0.1, -0.05) is 13.3 Å². The lowest BCUT2D eigenvalue weighted by molar-refractivity contribution is 0.0833. The number of thiophene rings is 1. The van der Waals surface area contributed by atoms with Crippen molar-refractivity contribution in [3.8, 4) is 0 Å². The van der Waals surface area contributed by atoms with E-state index in [1.165, 1.54) is 30.6 Å². The summed E-state index contributed by atoms with van der Waals surface area (Å²) in [4.78, 5) is 15.4. The fourth-order valence-electron chi connectivity index (χ4n) is 2.86. The van der Waals surface area contributed by atoms with Crippen LogP contribution in [0.3, 0.4) is 0 Å². The van der Waals surface area contributed by atoms with E-state index in [9.17, 15) is 4.79 Å². The Morgan fingerprint density at radius 2 is 2.19 bits per heavy atom. The number of nitrogen functional groups attached to an aromatic ring is 1. The maximum Gasteiger partial charge on any atom is 0.265 e. The number of carbonyl (C=O) groups excluding carboxylic acids is 1. The van der Waals surface area contributed by atoms with Crippen molar-refractivity contribution in [3.63, 3.8) is 0 Å². The van der Waals surface area contributed by atoms with E-state index in [0.717, 1.165) is 28.3 Å². The molecule has 118 valence electrons. The highest BCUT2D eigenvalue weighted by Crippen LogP contribution is 2.42. The quantitative estimate of drug-likeness (QED) is 0.811. The van der Waals surface area contributed by atoms with Gasteiger partial charge in [0.1, 0.15) is 9.88 Å². The van der Waals surface area contributed by atoms with Crippen molar-refractivity contribution < 1.29 is 4.79 Å². The van der Waals surface area contributed by atoms with Crippen molar-refractivity contribution in [2.45, 2.75) is 31.1 Å². The van der Waals surface area contributed by atoms with Gasteiger partial charge in [-0.3, -0.25) is 4.79 Å². The summed E-state index contributed by atoms with van der Waals surface area (Å²) in [6.07, 6.45) is 5.93. The summed E-state index contributed by atoms with van der Waals surface area (Å²) in [6, 6.07) is 0. The van der Waals surface area contributed by atoms with Crippen LogP contribution < -0.4 is 11.1 Å². The Kier molecular flexibility index (Phi) is 5.43. The molecule has 21 heavy (non-hydrogen) atoms. The number of hydrogen-bond donors (Lipinski definition) is 2. The molecule has 0 aliphatic heterocycles. The molecular weight excluding hydrogens is 302 g/mol. The van der Waals surface area contributed by atoms with Crippen molar-refractivity contribution in [3.05, 3.63) is 4.88 Å². The molecule has 2 unspecified atom stereocenters. The zero-order valence-corrected chi connectivity index (χ0v) is 14.9. The predicted molar refractivity (Wildman–Crippen MR) is 93.5 cm³/mol. The number of hydrogen-bond acceptors (Lipinski definition) is 5. The molecule has 1 aromatic rings. The van der Waals surface area contributed by atoms with E-state index in [-0.39, 0.29) is 5.91 Å². The van der Waals surface area contributed by atoms with Crippen LogP contribution in [0.25, 0.3) is 0 Å². The SMILES string of the molecule is CSc1c(NCC2CCC(C)C2)sc(C(=O)N(C)C)c1N. The topological polar surface area (TPSA) is 58.4 Å². The number of rotatable bonds is 5. The zero-order chi connectivity index (χ0) is 15.6. The van der Waals surface area contributed by atoms with Crippen LogP contribution in [-0.2, 0) is 0 Å². The number of thioether (sulfide) groups is 1. The highest BCUT2D eigenvalue weighted by atomic mass is 32.2. The Labute approximate surface area is 135 Å². The molecule has 0 spiro atoms. The first-order valence-electron chi connectivity index (χ1n) is 7.35. The molecule has 0 aromatic carbocycles. The lowest BCUT2D eigenvalue weighted by atomic mass is 10.1. The number of carbonyl (C=O) groups is 1. The number of nitrogens with zero attached hydrogens (tertiary/aromatic N) is 1. The fraction of sp³-hybridized carbons (Fsp3) is 0.667. The summed E-state index contributed by atoms with van der Waals surface area (Å²) in [7, 11) is 3.51. The van der Waals surface area contributed by atoms with Crippen LogP contribution in [0.4, 0.5) is 10.7 Å². The van der Waals surface area contributed by atoms with Crippen LogP contribution in [-0.4, -0.2) is 37.7 Å². The maximum absolute atomic E-state index is 12.2. The Hall–Kier alpha value is -0.880. The molecule has 2 rings (SSSR count). The molecule has 1 aromatic heterocycles. The van der Waals surface area contributed by atoms with Crippen molar-refractivity contribution >= 4 is 39.7 Å². The van der Waals surface area contributed by atoms with Crippen molar-refractivity contribution in [1.29, 1.82) is 0 Å². The van der Waals surface area contributed by atoms with E-state index in [1.807, 2.05) is 6.26 Å². The van der Waals surface area contributed by atoms with Gasteiger partial charge in [-0.2, -0.15) is 0 Å². The van der Waals surface area contributed by atoms with Gasteiger partial charge in [0.15, 0.2) is 0 Å². The smallest absolute Gasteiger partial charge is 0.265 e. The average molecular weight is 328 g/mol. The Morgan fingerprint density at radius 3 is 2.71 bits per heavy atom. The van der Waals surface area contributed by atoms with Crippen LogP contribution in [0.1, 0.15) is 35.9 Å². The molecule has 1 amide bonds. The molecule has 0 saturated heterocycles. The minimum absolute atomic E-state index is 0.0182. The predicted octanol–water partition coefficient (Wildman–Crippen LogP) is 3.60. The fourth-order valence-corrected chi connectivity index (χ4v) is 4.92. The summed E-state index contributed by atoms with van der Waals surface area (Å²) < 4.78 is 0. The van der Waals surface area contributed by atoms with Crippen LogP contribution in [0.15, 0.2) is 4.90 Å². The summed E-state index contributed by atoms with van der Waals surface area (Å²) in [5, 5.41) is 4.57. The summed E-state index contributed by atoms with van der Waals surface area (Å²) in [5.74, 6) is 1.57. The monoisotopic (exact) mass is 327 g/mol. The highest BCUT2D eigenvalue weighted by molar-refractivity contribution is 7.99. The second kappa shape index (κ2) is 6.92. The van der Waals surface area contributed by atoms with Gasteiger partial charge in [0.2, 0.25) is 0 Å². The second-order valence-corrected chi connectivity index (χ2v) is 7.91. The molecule has 1 aliphatic carbocycles. The third-order valence-corrected chi connectivity index (χ3v) is 6.17. The number of amides is 1. The van der Waals surface area contributed by atoms with Crippen molar-refractivity contribution in [2.24, 2.45) is 11.8 Å². The zero-order valence-electron chi connectivity index (χ0n) is 13.2. The standard InChI is InChI=1S/C15H25N3OS2/c1-9-5-6-10(7-9)8-17-14-12(20-4)11(16)13(21-14)15(19)18(2)3/h9-10,17H,5-8,16H2,1-4H3. The van der Waals surface area contributed by atoms with Gasteiger partial charge in [-0.25, -0.2) is 0 Å². The number of anilines is 2. The highest BCUT2D eigenvalue weighted by Gasteiger charge is 2.24. The van der Waals surface area contributed by atoms with Crippen LogP contribution in [0, 0.1) is 11.8 Å². The molecule has 2 atom stereocenters.